The first-order chi connectivity index (χ1) is 7.38. The van der Waals surface area contributed by atoms with Gasteiger partial charge in [-0.05, 0) is 18.9 Å². The molecule has 16 heavy (non-hydrogen) atoms. The van der Waals surface area contributed by atoms with Crippen LogP contribution in [-0.4, -0.2) is 14.5 Å². The molecule has 7 heteroatoms. The minimum absolute atomic E-state index is 0.0710. The molecule has 0 radical (unpaired) electrons. The molecular weight excluding hydrogens is 238 g/mol. The molecule has 2 rings (SSSR count). The molecule has 0 unspecified atom stereocenters. The molecule has 0 spiro atoms. The molecule has 1 aromatic carbocycles. The van der Waals surface area contributed by atoms with Gasteiger partial charge in [-0.1, -0.05) is 0 Å². The van der Waals surface area contributed by atoms with Crippen LogP contribution in [0.1, 0.15) is 12.8 Å². The van der Waals surface area contributed by atoms with Crippen molar-refractivity contribution in [3.05, 3.63) is 23.8 Å². The van der Waals surface area contributed by atoms with Crippen molar-refractivity contribution in [3.8, 4) is 0 Å². The van der Waals surface area contributed by atoms with Gasteiger partial charge in [0.15, 0.2) is 0 Å². The number of anilines is 1. The predicted octanol–water partition coefficient (Wildman–Crippen LogP) is 1.19. The van der Waals surface area contributed by atoms with Gasteiger partial charge in [0.2, 0.25) is 10.0 Å². The zero-order chi connectivity index (χ0) is 11.9. The quantitative estimate of drug-likeness (QED) is 0.843. The van der Waals surface area contributed by atoms with Crippen LogP contribution < -0.4 is 10.5 Å². The number of halogens is 2. The van der Waals surface area contributed by atoms with Gasteiger partial charge in [-0.15, -0.1) is 0 Å². The van der Waals surface area contributed by atoms with Gasteiger partial charge in [-0.3, -0.25) is 0 Å². The lowest BCUT2D eigenvalue weighted by Crippen LogP contribution is -2.18. The van der Waals surface area contributed by atoms with E-state index in [0.29, 0.717) is 6.07 Å². The van der Waals surface area contributed by atoms with E-state index in [9.17, 15) is 17.2 Å². The fourth-order valence-electron chi connectivity index (χ4n) is 1.40. The average Bonchev–Trinajstić information content (AvgIpc) is 2.83. The van der Waals surface area contributed by atoms with Crippen molar-refractivity contribution < 1.29 is 17.2 Å². The standard InChI is InChI=1S/C9H10F2N2O2S/c10-5-3-7(11)9(16(12,14)15)8(4-5)13-6-1-2-6/h3-4,6,13H,1-2H2,(H2,12,14,15). The second kappa shape index (κ2) is 3.67. The number of primary sulfonamides is 1. The molecule has 0 bridgehead atoms. The molecule has 0 atom stereocenters. The van der Waals surface area contributed by atoms with Crippen molar-refractivity contribution in [2.45, 2.75) is 23.8 Å². The molecular formula is C9H10F2N2O2S. The van der Waals surface area contributed by atoms with Crippen LogP contribution in [0.3, 0.4) is 0 Å². The molecule has 0 aromatic heterocycles. The first-order valence-corrected chi connectivity index (χ1v) is 6.21. The van der Waals surface area contributed by atoms with Crippen molar-refractivity contribution >= 4 is 15.7 Å². The van der Waals surface area contributed by atoms with E-state index in [1.54, 1.807) is 0 Å². The minimum Gasteiger partial charge on any atom is -0.381 e. The molecule has 1 fully saturated rings. The Kier molecular flexibility index (Phi) is 2.59. The smallest absolute Gasteiger partial charge is 0.243 e. The zero-order valence-electron chi connectivity index (χ0n) is 8.20. The summed E-state index contributed by atoms with van der Waals surface area (Å²) in [5.74, 6) is -2.02. The predicted molar refractivity (Wildman–Crippen MR) is 54.4 cm³/mol. The minimum atomic E-state index is -4.20. The summed E-state index contributed by atoms with van der Waals surface area (Å²) < 4.78 is 48.6. The first kappa shape index (κ1) is 11.3. The molecule has 1 aliphatic carbocycles. The molecule has 0 heterocycles. The number of rotatable bonds is 3. The average molecular weight is 248 g/mol. The Morgan fingerprint density at radius 3 is 2.44 bits per heavy atom. The van der Waals surface area contributed by atoms with Gasteiger partial charge in [0, 0.05) is 12.1 Å². The van der Waals surface area contributed by atoms with Crippen LogP contribution in [0.2, 0.25) is 0 Å². The lowest BCUT2D eigenvalue weighted by atomic mass is 10.3. The molecule has 0 amide bonds. The number of nitrogens with one attached hydrogen (secondary N) is 1. The van der Waals surface area contributed by atoms with Crippen molar-refractivity contribution in [3.63, 3.8) is 0 Å². The van der Waals surface area contributed by atoms with Gasteiger partial charge in [0.05, 0.1) is 5.69 Å². The summed E-state index contributed by atoms with van der Waals surface area (Å²) >= 11 is 0. The van der Waals surface area contributed by atoms with Crippen molar-refractivity contribution in [2.24, 2.45) is 5.14 Å². The lowest BCUT2D eigenvalue weighted by Gasteiger charge is -2.10. The third kappa shape index (κ3) is 2.30. The van der Waals surface area contributed by atoms with Gasteiger partial charge in [-0.25, -0.2) is 22.3 Å². The van der Waals surface area contributed by atoms with E-state index in [2.05, 4.69) is 5.32 Å². The van der Waals surface area contributed by atoms with Gasteiger partial charge in [0.1, 0.15) is 16.5 Å². The highest BCUT2D eigenvalue weighted by Gasteiger charge is 2.27. The van der Waals surface area contributed by atoms with E-state index in [0.717, 1.165) is 18.9 Å². The summed E-state index contributed by atoms with van der Waals surface area (Å²) in [7, 11) is -4.20. The van der Waals surface area contributed by atoms with Crippen LogP contribution in [0, 0.1) is 11.6 Å². The molecule has 4 nitrogen and oxygen atoms in total. The topological polar surface area (TPSA) is 72.2 Å². The summed E-state index contributed by atoms with van der Waals surface area (Å²) in [5, 5.41) is 7.61. The number of hydrogen-bond acceptors (Lipinski definition) is 3. The number of nitrogens with two attached hydrogens (primary N) is 1. The molecule has 0 aliphatic heterocycles. The van der Waals surface area contributed by atoms with Crippen LogP contribution in [0.15, 0.2) is 17.0 Å². The molecule has 1 saturated carbocycles. The SMILES string of the molecule is NS(=O)(=O)c1c(F)cc(F)cc1NC1CC1. The highest BCUT2D eigenvalue weighted by Crippen LogP contribution is 2.30. The Morgan fingerprint density at radius 2 is 1.94 bits per heavy atom. The van der Waals surface area contributed by atoms with E-state index < -0.39 is 26.6 Å². The van der Waals surface area contributed by atoms with E-state index >= 15 is 0 Å². The van der Waals surface area contributed by atoms with Crippen molar-refractivity contribution in [2.75, 3.05) is 5.32 Å². The normalized spacial score (nSPS) is 16.2. The maximum atomic E-state index is 13.3. The Bertz CT molecular complexity index is 527. The monoisotopic (exact) mass is 248 g/mol. The van der Waals surface area contributed by atoms with Gasteiger partial charge < -0.3 is 5.32 Å². The molecule has 88 valence electrons. The van der Waals surface area contributed by atoms with Crippen molar-refractivity contribution in [1.82, 2.24) is 0 Å². The van der Waals surface area contributed by atoms with Crippen LogP contribution in [0.5, 0.6) is 0 Å². The second-order valence-electron chi connectivity index (χ2n) is 3.73. The summed E-state index contributed by atoms with van der Waals surface area (Å²) in [6, 6.07) is 1.50. The summed E-state index contributed by atoms with van der Waals surface area (Å²) in [6.45, 7) is 0. The third-order valence-electron chi connectivity index (χ3n) is 2.23. The third-order valence-corrected chi connectivity index (χ3v) is 3.21. The van der Waals surface area contributed by atoms with Crippen LogP contribution >= 0.6 is 0 Å². The summed E-state index contributed by atoms with van der Waals surface area (Å²) in [6.07, 6.45) is 1.70. The van der Waals surface area contributed by atoms with Crippen LogP contribution in [-0.2, 0) is 10.0 Å². The Morgan fingerprint density at radius 1 is 1.31 bits per heavy atom. The first-order valence-electron chi connectivity index (χ1n) is 4.66. The second-order valence-corrected chi connectivity index (χ2v) is 5.23. The summed E-state index contributed by atoms with van der Waals surface area (Å²) in [4.78, 5) is -0.680. The fraction of sp³-hybridized carbons (Fsp3) is 0.333. The van der Waals surface area contributed by atoms with E-state index in [1.807, 2.05) is 0 Å². The molecule has 0 saturated heterocycles. The highest BCUT2D eigenvalue weighted by atomic mass is 32.2. The lowest BCUT2D eigenvalue weighted by molar-refractivity contribution is 0.551. The summed E-state index contributed by atoms with van der Waals surface area (Å²) in [5.41, 5.74) is -0.109. The maximum absolute atomic E-state index is 13.3. The largest absolute Gasteiger partial charge is 0.381 e. The van der Waals surface area contributed by atoms with Crippen molar-refractivity contribution in [1.29, 1.82) is 0 Å². The van der Waals surface area contributed by atoms with Gasteiger partial charge >= 0.3 is 0 Å². The number of hydrogen-bond donors (Lipinski definition) is 2. The van der Waals surface area contributed by atoms with Crippen LogP contribution in [0.25, 0.3) is 0 Å². The van der Waals surface area contributed by atoms with E-state index in [4.69, 9.17) is 5.14 Å². The Hall–Kier alpha value is -1.21. The fourth-order valence-corrected chi connectivity index (χ4v) is 2.16. The number of sulfonamides is 1. The Labute approximate surface area is 91.5 Å². The van der Waals surface area contributed by atoms with Crippen LogP contribution in [0.4, 0.5) is 14.5 Å². The van der Waals surface area contributed by atoms with E-state index in [1.165, 1.54) is 0 Å². The molecule has 1 aromatic rings. The Balaban J connectivity index is 2.54. The molecule has 3 N–H and O–H groups in total. The van der Waals surface area contributed by atoms with Gasteiger partial charge in [0.25, 0.3) is 0 Å². The number of benzene rings is 1. The van der Waals surface area contributed by atoms with Gasteiger partial charge in [-0.2, -0.15) is 0 Å². The van der Waals surface area contributed by atoms with E-state index in [-0.39, 0.29) is 11.7 Å². The highest BCUT2D eigenvalue weighted by molar-refractivity contribution is 7.89. The molecule has 1 aliphatic rings. The maximum Gasteiger partial charge on any atom is 0.243 e. The zero-order valence-corrected chi connectivity index (χ0v) is 9.02.